The molecule has 6 nitrogen and oxygen atoms in total. The maximum Gasteiger partial charge on any atom is 0.191 e. The zero-order chi connectivity index (χ0) is 22.1. The van der Waals surface area contributed by atoms with Crippen LogP contribution in [0.3, 0.4) is 0 Å². The van der Waals surface area contributed by atoms with Crippen LogP contribution in [0.1, 0.15) is 35.6 Å². The SMILES string of the molecule is CN=C(NCc1ccc(F)c(COC)c1)NCC(c1cccc(OC)c1)N1CCCC1. The second kappa shape index (κ2) is 11.7. The van der Waals surface area contributed by atoms with Crippen LogP contribution in [0.5, 0.6) is 5.75 Å². The summed E-state index contributed by atoms with van der Waals surface area (Å²) in [4.78, 5) is 6.86. The molecule has 168 valence electrons. The molecule has 0 radical (unpaired) electrons. The van der Waals surface area contributed by atoms with Crippen molar-refractivity contribution >= 4 is 5.96 Å². The highest BCUT2D eigenvalue weighted by atomic mass is 19.1. The number of halogens is 1. The molecule has 2 N–H and O–H groups in total. The third kappa shape index (κ3) is 6.42. The van der Waals surface area contributed by atoms with E-state index < -0.39 is 0 Å². The fourth-order valence-electron chi connectivity index (χ4n) is 3.96. The molecule has 0 spiro atoms. The highest BCUT2D eigenvalue weighted by Crippen LogP contribution is 2.27. The molecule has 3 rings (SSSR count). The minimum absolute atomic E-state index is 0.232. The molecule has 0 bridgehead atoms. The Labute approximate surface area is 184 Å². The lowest BCUT2D eigenvalue weighted by atomic mass is 10.1. The summed E-state index contributed by atoms with van der Waals surface area (Å²) in [5, 5.41) is 6.79. The number of likely N-dealkylation sites (tertiary alicyclic amines) is 1. The van der Waals surface area contributed by atoms with Gasteiger partial charge in [-0.2, -0.15) is 0 Å². The normalized spacial score (nSPS) is 15.7. The molecule has 1 aliphatic rings. The topological polar surface area (TPSA) is 58.1 Å². The molecule has 2 aromatic rings. The van der Waals surface area contributed by atoms with Crippen LogP contribution in [0.2, 0.25) is 0 Å². The minimum Gasteiger partial charge on any atom is -0.497 e. The largest absolute Gasteiger partial charge is 0.497 e. The minimum atomic E-state index is -0.250. The number of rotatable bonds is 9. The van der Waals surface area contributed by atoms with Crippen molar-refractivity contribution in [2.45, 2.75) is 32.0 Å². The van der Waals surface area contributed by atoms with Gasteiger partial charge in [-0.1, -0.05) is 18.2 Å². The van der Waals surface area contributed by atoms with Gasteiger partial charge in [-0.25, -0.2) is 4.39 Å². The molecule has 0 amide bonds. The average Bonchev–Trinajstić information content (AvgIpc) is 3.33. The molecule has 1 fully saturated rings. The molecule has 7 heteroatoms. The summed E-state index contributed by atoms with van der Waals surface area (Å²) < 4.78 is 24.3. The molecule has 31 heavy (non-hydrogen) atoms. The lowest BCUT2D eigenvalue weighted by Gasteiger charge is -2.29. The van der Waals surface area contributed by atoms with Crippen molar-refractivity contribution in [3.63, 3.8) is 0 Å². The molecule has 1 unspecified atom stereocenters. The van der Waals surface area contributed by atoms with Gasteiger partial charge in [0.05, 0.1) is 19.8 Å². The number of benzene rings is 2. The van der Waals surface area contributed by atoms with Crippen LogP contribution in [0, 0.1) is 5.82 Å². The molecule has 2 aromatic carbocycles. The average molecular weight is 429 g/mol. The Morgan fingerprint density at radius 2 is 1.94 bits per heavy atom. The van der Waals surface area contributed by atoms with E-state index in [1.807, 2.05) is 18.2 Å². The van der Waals surface area contributed by atoms with Gasteiger partial charge in [-0.3, -0.25) is 9.89 Å². The van der Waals surface area contributed by atoms with Gasteiger partial charge in [0.2, 0.25) is 0 Å². The maximum absolute atomic E-state index is 13.8. The fraction of sp³-hybridized carbons (Fsp3) is 0.458. The van der Waals surface area contributed by atoms with Crippen molar-refractivity contribution in [2.75, 3.05) is 40.9 Å². The summed E-state index contributed by atoms with van der Waals surface area (Å²) in [6.07, 6.45) is 2.45. The molecular weight excluding hydrogens is 395 g/mol. The quantitative estimate of drug-likeness (QED) is 0.473. The molecule has 1 aliphatic heterocycles. The van der Waals surface area contributed by atoms with Gasteiger partial charge < -0.3 is 20.1 Å². The van der Waals surface area contributed by atoms with Crippen LogP contribution >= 0.6 is 0 Å². The van der Waals surface area contributed by atoms with Crippen LogP contribution in [-0.4, -0.2) is 51.8 Å². The monoisotopic (exact) mass is 428 g/mol. The number of guanidine groups is 1. The molecular formula is C24H33FN4O2. The zero-order valence-electron chi connectivity index (χ0n) is 18.7. The van der Waals surface area contributed by atoms with E-state index in [9.17, 15) is 4.39 Å². The van der Waals surface area contributed by atoms with Crippen molar-refractivity contribution in [1.82, 2.24) is 15.5 Å². The summed E-state index contributed by atoms with van der Waals surface area (Å²) in [6.45, 7) is 3.71. The highest BCUT2D eigenvalue weighted by molar-refractivity contribution is 5.79. The molecule has 0 aromatic heterocycles. The Hall–Kier alpha value is -2.64. The summed E-state index contributed by atoms with van der Waals surface area (Å²) in [7, 11) is 5.02. The first-order chi connectivity index (χ1) is 15.1. The van der Waals surface area contributed by atoms with Gasteiger partial charge >= 0.3 is 0 Å². The van der Waals surface area contributed by atoms with E-state index in [1.54, 1.807) is 27.3 Å². The first kappa shape index (κ1) is 23.0. The summed E-state index contributed by atoms with van der Waals surface area (Å²) in [5.74, 6) is 1.33. The summed E-state index contributed by atoms with van der Waals surface area (Å²) >= 11 is 0. The zero-order valence-corrected chi connectivity index (χ0v) is 18.7. The number of hydrogen-bond donors (Lipinski definition) is 2. The number of ether oxygens (including phenoxy) is 2. The lowest BCUT2D eigenvalue weighted by molar-refractivity contribution is 0.181. The third-order valence-corrected chi connectivity index (χ3v) is 5.62. The van der Waals surface area contributed by atoms with Crippen LogP contribution in [-0.2, 0) is 17.9 Å². The Morgan fingerprint density at radius 1 is 1.13 bits per heavy atom. The van der Waals surface area contributed by atoms with E-state index in [4.69, 9.17) is 9.47 Å². The maximum atomic E-state index is 13.8. The van der Waals surface area contributed by atoms with E-state index in [0.29, 0.717) is 18.1 Å². The summed E-state index contributed by atoms with van der Waals surface area (Å²) in [6, 6.07) is 13.6. The van der Waals surface area contributed by atoms with Crippen molar-refractivity contribution in [3.05, 3.63) is 65.0 Å². The predicted molar refractivity (Wildman–Crippen MR) is 122 cm³/mol. The van der Waals surface area contributed by atoms with Gasteiger partial charge in [0, 0.05) is 32.8 Å². The van der Waals surface area contributed by atoms with E-state index in [2.05, 4.69) is 32.7 Å². The van der Waals surface area contributed by atoms with Crippen LogP contribution in [0.4, 0.5) is 4.39 Å². The Kier molecular flexibility index (Phi) is 8.67. The van der Waals surface area contributed by atoms with Crippen molar-refractivity contribution in [2.24, 2.45) is 4.99 Å². The molecule has 1 saturated heterocycles. The second-order valence-electron chi connectivity index (χ2n) is 7.70. The van der Waals surface area contributed by atoms with Gasteiger partial charge in [0.15, 0.2) is 5.96 Å². The first-order valence-corrected chi connectivity index (χ1v) is 10.7. The number of methoxy groups -OCH3 is 2. The van der Waals surface area contributed by atoms with E-state index in [0.717, 1.165) is 30.9 Å². The fourth-order valence-corrected chi connectivity index (χ4v) is 3.96. The van der Waals surface area contributed by atoms with E-state index in [-0.39, 0.29) is 18.5 Å². The Balaban J connectivity index is 1.63. The smallest absolute Gasteiger partial charge is 0.191 e. The molecule has 1 heterocycles. The first-order valence-electron chi connectivity index (χ1n) is 10.7. The van der Waals surface area contributed by atoms with E-state index >= 15 is 0 Å². The second-order valence-corrected chi connectivity index (χ2v) is 7.70. The van der Waals surface area contributed by atoms with Crippen molar-refractivity contribution < 1.29 is 13.9 Å². The number of aliphatic imine (C=N–C) groups is 1. The lowest BCUT2D eigenvalue weighted by Crippen LogP contribution is -2.42. The predicted octanol–water partition coefficient (Wildman–Crippen LogP) is 3.48. The van der Waals surface area contributed by atoms with Crippen molar-refractivity contribution in [1.29, 1.82) is 0 Å². The molecule has 0 aliphatic carbocycles. The number of nitrogens with zero attached hydrogens (tertiary/aromatic N) is 2. The molecule has 1 atom stereocenters. The van der Waals surface area contributed by atoms with E-state index in [1.165, 1.54) is 24.5 Å². The highest BCUT2D eigenvalue weighted by Gasteiger charge is 2.24. The van der Waals surface area contributed by atoms with Gasteiger partial charge in [-0.15, -0.1) is 0 Å². The molecule has 0 saturated carbocycles. The number of hydrogen-bond acceptors (Lipinski definition) is 4. The Bertz CT molecular complexity index is 868. The third-order valence-electron chi connectivity index (χ3n) is 5.62. The van der Waals surface area contributed by atoms with Crippen LogP contribution in [0.15, 0.2) is 47.5 Å². The Morgan fingerprint density at radius 3 is 2.65 bits per heavy atom. The van der Waals surface area contributed by atoms with Gasteiger partial charge in [-0.05, 0) is 61.3 Å². The van der Waals surface area contributed by atoms with Gasteiger partial charge in [0.1, 0.15) is 11.6 Å². The van der Waals surface area contributed by atoms with Crippen LogP contribution < -0.4 is 15.4 Å². The van der Waals surface area contributed by atoms with Gasteiger partial charge in [0.25, 0.3) is 0 Å². The summed E-state index contributed by atoms with van der Waals surface area (Å²) in [5.41, 5.74) is 2.75. The van der Waals surface area contributed by atoms with Crippen molar-refractivity contribution in [3.8, 4) is 5.75 Å². The number of nitrogens with one attached hydrogen (secondary N) is 2. The van der Waals surface area contributed by atoms with Crippen LogP contribution in [0.25, 0.3) is 0 Å². The standard InChI is InChI=1S/C24H33FN4O2/c1-26-24(27-15-18-9-10-22(25)20(13-18)17-30-2)28-16-23(29-11-4-5-12-29)19-7-6-8-21(14-19)31-3/h6-10,13-14,23H,4-5,11-12,15-17H2,1-3H3,(H2,26,27,28).